The fraction of sp³-hybridized carbons (Fsp3) is 0.250. The first-order chi connectivity index (χ1) is 12.0. The Morgan fingerprint density at radius 1 is 0.920 bits per heavy atom. The van der Waals surface area contributed by atoms with E-state index in [0.29, 0.717) is 17.7 Å². The van der Waals surface area contributed by atoms with Gasteiger partial charge in [0.25, 0.3) is 5.91 Å². The smallest absolute Gasteiger partial charge is 0.252 e. The highest BCUT2D eigenvalue weighted by atomic mass is 16.2. The van der Waals surface area contributed by atoms with Gasteiger partial charge in [0.1, 0.15) is 6.04 Å². The maximum atomic E-state index is 12.7. The van der Waals surface area contributed by atoms with E-state index in [1.54, 1.807) is 55.5 Å². The van der Waals surface area contributed by atoms with E-state index >= 15 is 0 Å². The van der Waals surface area contributed by atoms with E-state index < -0.39 is 11.9 Å². The first kappa shape index (κ1) is 18.4. The molecule has 0 radical (unpaired) electrons. The lowest BCUT2D eigenvalue weighted by atomic mass is 9.98. The quantitative estimate of drug-likeness (QED) is 0.762. The number of amides is 2. The molecule has 2 aromatic carbocycles. The molecule has 1 unspecified atom stereocenters. The lowest BCUT2D eigenvalue weighted by Crippen LogP contribution is -2.45. The highest BCUT2D eigenvalue weighted by molar-refractivity contribution is 6.15. The zero-order valence-corrected chi connectivity index (χ0v) is 14.4. The Bertz CT molecular complexity index is 757. The van der Waals surface area contributed by atoms with Crippen LogP contribution in [0, 0.1) is 0 Å². The average molecular weight is 338 g/mol. The van der Waals surface area contributed by atoms with E-state index in [0.717, 1.165) is 6.42 Å². The summed E-state index contributed by atoms with van der Waals surface area (Å²) < 4.78 is 0. The van der Waals surface area contributed by atoms with Gasteiger partial charge in [-0.2, -0.15) is 0 Å². The van der Waals surface area contributed by atoms with Crippen molar-refractivity contribution < 1.29 is 14.4 Å². The summed E-state index contributed by atoms with van der Waals surface area (Å²) in [5.74, 6) is -0.921. The van der Waals surface area contributed by atoms with Gasteiger partial charge in [-0.25, -0.2) is 0 Å². The van der Waals surface area contributed by atoms with Crippen molar-refractivity contribution in [3.05, 3.63) is 71.3 Å². The summed E-state index contributed by atoms with van der Waals surface area (Å²) in [7, 11) is 0. The summed E-state index contributed by atoms with van der Waals surface area (Å²) in [6.07, 6.45) is 0.820. The van der Waals surface area contributed by atoms with E-state index in [4.69, 9.17) is 0 Å². The number of hydrogen-bond acceptors (Lipinski definition) is 3. The lowest BCUT2D eigenvalue weighted by molar-refractivity contribution is -0.122. The zero-order chi connectivity index (χ0) is 18.2. The highest BCUT2D eigenvalue weighted by Gasteiger charge is 2.21. The van der Waals surface area contributed by atoms with E-state index in [1.165, 1.54) is 0 Å². The molecule has 0 aromatic heterocycles. The van der Waals surface area contributed by atoms with Gasteiger partial charge in [0.2, 0.25) is 5.91 Å². The Kier molecular flexibility index (Phi) is 6.46. The number of benzene rings is 2. The fourth-order valence-electron chi connectivity index (χ4n) is 2.37. The predicted molar refractivity (Wildman–Crippen MR) is 96.5 cm³/mol. The molecule has 5 nitrogen and oxygen atoms in total. The predicted octanol–water partition coefficient (Wildman–Crippen LogP) is 2.56. The molecule has 2 aromatic rings. The SMILES string of the molecule is CCCNC(=O)C(C)NC(=O)c1ccccc1C(=O)c1ccccc1. The topological polar surface area (TPSA) is 75.3 Å². The van der Waals surface area contributed by atoms with Gasteiger partial charge in [-0.05, 0) is 19.4 Å². The van der Waals surface area contributed by atoms with Gasteiger partial charge < -0.3 is 10.6 Å². The van der Waals surface area contributed by atoms with Gasteiger partial charge in [-0.15, -0.1) is 0 Å². The second-order valence-electron chi connectivity index (χ2n) is 5.73. The van der Waals surface area contributed by atoms with Gasteiger partial charge in [0, 0.05) is 17.7 Å². The molecule has 5 heteroatoms. The van der Waals surface area contributed by atoms with Crippen molar-refractivity contribution in [3.8, 4) is 0 Å². The first-order valence-corrected chi connectivity index (χ1v) is 8.32. The molecular formula is C20H22N2O3. The highest BCUT2D eigenvalue weighted by Crippen LogP contribution is 2.15. The van der Waals surface area contributed by atoms with Gasteiger partial charge in [0.15, 0.2) is 5.78 Å². The maximum absolute atomic E-state index is 12.7. The summed E-state index contributed by atoms with van der Waals surface area (Å²) in [4.78, 5) is 37.1. The van der Waals surface area contributed by atoms with Crippen LogP contribution in [-0.4, -0.2) is 30.2 Å². The lowest BCUT2D eigenvalue weighted by Gasteiger charge is -2.15. The molecule has 0 aliphatic rings. The molecular weight excluding hydrogens is 316 g/mol. The minimum atomic E-state index is -0.682. The van der Waals surface area contributed by atoms with E-state index in [2.05, 4.69) is 10.6 Å². The third-order valence-electron chi connectivity index (χ3n) is 3.74. The van der Waals surface area contributed by atoms with Gasteiger partial charge in [0.05, 0.1) is 5.56 Å². The molecule has 1 atom stereocenters. The number of carbonyl (C=O) groups excluding carboxylic acids is 3. The maximum Gasteiger partial charge on any atom is 0.252 e. The van der Waals surface area contributed by atoms with E-state index in [9.17, 15) is 14.4 Å². The second kappa shape index (κ2) is 8.78. The zero-order valence-electron chi connectivity index (χ0n) is 14.4. The summed E-state index contributed by atoms with van der Waals surface area (Å²) in [5, 5.41) is 5.38. The second-order valence-corrected chi connectivity index (χ2v) is 5.73. The van der Waals surface area contributed by atoms with Crippen LogP contribution < -0.4 is 10.6 Å². The third-order valence-corrected chi connectivity index (χ3v) is 3.74. The molecule has 2 rings (SSSR count). The molecule has 0 bridgehead atoms. The normalized spacial score (nSPS) is 11.4. The standard InChI is InChI=1S/C20H22N2O3/c1-3-13-21-19(24)14(2)22-20(25)17-12-8-7-11-16(17)18(23)15-9-5-4-6-10-15/h4-12,14H,3,13H2,1-2H3,(H,21,24)(H,22,25). The van der Waals surface area contributed by atoms with Crippen molar-refractivity contribution in [1.82, 2.24) is 10.6 Å². The van der Waals surface area contributed by atoms with Crippen molar-refractivity contribution in [2.75, 3.05) is 6.54 Å². The van der Waals surface area contributed by atoms with Crippen LogP contribution in [0.3, 0.4) is 0 Å². The van der Waals surface area contributed by atoms with Crippen molar-refractivity contribution in [3.63, 3.8) is 0 Å². The summed E-state index contributed by atoms with van der Waals surface area (Å²) in [6.45, 7) is 4.13. The Hall–Kier alpha value is -2.95. The Balaban J connectivity index is 2.18. The minimum absolute atomic E-state index is 0.227. The van der Waals surface area contributed by atoms with Crippen molar-refractivity contribution >= 4 is 17.6 Å². The molecule has 0 aliphatic carbocycles. The molecule has 2 N–H and O–H groups in total. The van der Waals surface area contributed by atoms with E-state index in [1.807, 2.05) is 13.0 Å². The first-order valence-electron chi connectivity index (χ1n) is 8.32. The Labute approximate surface area is 147 Å². The van der Waals surface area contributed by atoms with E-state index in [-0.39, 0.29) is 17.3 Å². The van der Waals surface area contributed by atoms with Crippen LogP contribution in [0.5, 0.6) is 0 Å². The molecule has 0 saturated heterocycles. The molecule has 0 saturated carbocycles. The number of carbonyl (C=O) groups is 3. The molecule has 130 valence electrons. The van der Waals surface area contributed by atoms with Gasteiger partial charge in [-0.1, -0.05) is 55.5 Å². The number of ketones is 1. The number of hydrogen-bond donors (Lipinski definition) is 2. The van der Waals surface area contributed by atoms with Crippen LogP contribution in [0.15, 0.2) is 54.6 Å². The monoisotopic (exact) mass is 338 g/mol. The number of rotatable bonds is 7. The van der Waals surface area contributed by atoms with Crippen LogP contribution in [-0.2, 0) is 4.79 Å². The molecule has 0 heterocycles. The van der Waals surface area contributed by atoms with Crippen molar-refractivity contribution in [2.45, 2.75) is 26.3 Å². The molecule has 0 aliphatic heterocycles. The summed E-state index contributed by atoms with van der Waals surface area (Å²) >= 11 is 0. The number of nitrogens with one attached hydrogen (secondary N) is 2. The largest absolute Gasteiger partial charge is 0.354 e. The van der Waals surface area contributed by atoms with Crippen LogP contribution in [0.2, 0.25) is 0 Å². The third kappa shape index (κ3) is 4.76. The molecule has 0 fully saturated rings. The van der Waals surface area contributed by atoms with Crippen molar-refractivity contribution in [2.24, 2.45) is 0 Å². The average Bonchev–Trinajstić information content (AvgIpc) is 2.66. The minimum Gasteiger partial charge on any atom is -0.354 e. The van der Waals surface area contributed by atoms with Crippen LogP contribution >= 0.6 is 0 Å². The van der Waals surface area contributed by atoms with Crippen LogP contribution in [0.25, 0.3) is 0 Å². The van der Waals surface area contributed by atoms with Crippen LogP contribution in [0.1, 0.15) is 46.5 Å². The molecule has 25 heavy (non-hydrogen) atoms. The van der Waals surface area contributed by atoms with Gasteiger partial charge >= 0.3 is 0 Å². The van der Waals surface area contributed by atoms with Crippen molar-refractivity contribution in [1.29, 1.82) is 0 Å². The fourth-order valence-corrected chi connectivity index (χ4v) is 2.37. The molecule has 2 amide bonds. The Morgan fingerprint density at radius 2 is 1.52 bits per heavy atom. The van der Waals surface area contributed by atoms with Gasteiger partial charge in [-0.3, -0.25) is 14.4 Å². The summed E-state index contributed by atoms with van der Waals surface area (Å²) in [5.41, 5.74) is 1.08. The molecule has 0 spiro atoms. The Morgan fingerprint density at radius 3 is 2.16 bits per heavy atom. The summed E-state index contributed by atoms with van der Waals surface area (Å²) in [6, 6.07) is 14.7. The van der Waals surface area contributed by atoms with Crippen LogP contribution in [0.4, 0.5) is 0 Å².